The van der Waals surface area contributed by atoms with Crippen LogP contribution in [0.5, 0.6) is 0 Å². The van der Waals surface area contributed by atoms with E-state index in [1.54, 1.807) is 11.3 Å². The minimum absolute atomic E-state index is 0.346. The Kier molecular flexibility index (Phi) is 3.80. The van der Waals surface area contributed by atoms with E-state index >= 15 is 0 Å². The standard InChI is InChI=1S/C15H18N4S/c1-3-7-16-11(2)13-9-17-15(20-13)12-10-19-8-5-4-6-14(19)18-12/h4-6,8-11,16H,3,7H2,1-2H3. The summed E-state index contributed by atoms with van der Waals surface area (Å²) in [4.78, 5) is 10.4. The van der Waals surface area contributed by atoms with Crippen molar-refractivity contribution in [1.82, 2.24) is 19.7 Å². The van der Waals surface area contributed by atoms with E-state index in [2.05, 4.69) is 29.1 Å². The number of nitrogens with zero attached hydrogens (tertiary/aromatic N) is 3. The molecule has 0 aliphatic rings. The Bertz CT molecular complexity index is 668. The van der Waals surface area contributed by atoms with Gasteiger partial charge in [0.05, 0.1) is 0 Å². The van der Waals surface area contributed by atoms with Crippen LogP contribution in [0.3, 0.4) is 0 Å². The number of nitrogens with one attached hydrogen (secondary N) is 1. The lowest BCUT2D eigenvalue weighted by molar-refractivity contribution is 0.577. The van der Waals surface area contributed by atoms with Crippen molar-refractivity contribution in [2.75, 3.05) is 6.54 Å². The number of hydrogen-bond donors (Lipinski definition) is 1. The molecule has 3 rings (SSSR count). The molecule has 1 atom stereocenters. The second-order valence-electron chi connectivity index (χ2n) is 4.84. The predicted molar refractivity (Wildman–Crippen MR) is 83.0 cm³/mol. The molecule has 5 heteroatoms. The van der Waals surface area contributed by atoms with Gasteiger partial charge in [-0.05, 0) is 32.0 Å². The van der Waals surface area contributed by atoms with E-state index < -0.39 is 0 Å². The predicted octanol–water partition coefficient (Wildman–Crippen LogP) is 3.52. The number of aromatic nitrogens is 3. The quantitative estimate of drug-likeness (QED) is 0.780. The van der Waals surface area contributed by atoms with Crippen LogP contribution in [-0.2, 0) is 0 Å². The molecule has 104 valence electrons. The number of thiazole rings is 1. The molecular weight excluding hydrogens is 268 g/mol. The zero-order valence-corrected chi connectivity index (χ0v) is 12.5. The maximum absolute atomic E-state index is 4.61. The third-order valence-corrected chi connectivity index (χ3v) is 4.44. The van der Waals surface area contributed by atoms with E-state index in [-0.39, 0.29) is 0 Å². The Morgan fingerprint density at radius 3 is 3.10 bits per heavy atom. The van der Waals surface area contributed by atoms with E-state index in [4.69, 9.17) is 0 Å². The third kappa shape index (κ3) is 2.59. The van der Waals surface area contributed by atoms with Gasteiger partial charge in [-0.1, -0.05) is 13.0 Å². The number of fused-ring (bicyclic) bond motifs is 1. The van der Waals surface area contributed by atoms with Crippen LogP contribution in [0.1, 0.15) is 31.2 Å². The normalized spacial score (nSPS) is 12.9. The lowest BCUT2D eigenvalue weighted by Gasteiger charge is -2.09. The molecule has 0 fully saturated rings. The molecule has 0 amide bonds. The first-order valence-corrected chi connectivity index (χ1v) is 7.73. The topological polar surface area (TPSA) is 42.2 Å². The summed E-state index contributed by atoms with van der Waals surface area (Å²) in [6.07, 6.45) is 7.13. The van der Waals surface area contributed by atoms with Crippen LogP contribution in [0, 0.1) is 0 Å². The molecule has 0 aliphatic carbocycles. The molecule has 0 saturated carbocycles. The summed E-state index contributed by atoms with van der Waals surface area (Å²) in [6, 6.07) is 6.35. The van der Waals surface area contributed by atoms with Crippen LogP contribution in [0.15, 0.2) is 36.8 Å². The van der Waals surface area contributed by atoms with Gasteiger partial charge in [0.2, 0.25) is 0 Å². The van der Waals surface area contributed by atoms with Gasteiger partial charge in [0.25, 0.3) is 0 Å². The molecule has 0 radical (unpaired) electrons. The zero-order valence-electron chi connectivity index (χ0n) is 11.7. The molecule has 1 N–H and O–H groups in total. The Balaban J connectivity index is 1.85. The van der Waals surface area contributed by atoms with Crippen molar-refractivity contribution < 1.29 is 0 Å². The van der Waals surface area contributed by atoms with Crippen LogP contribution in [0.4, 0.5) is 0 Å². The maximum Gasteiger partial charge on any atom is 0.143 e. The van der Waals surface area contributed by atoms with Gasteiger partial charge in [0, 0.05) is 29.5 Å². The molecule has 0 saturated heterocycles. The first-order valence-electron chi connectivity index (χ1n) is 6.91. The minimum atomic E-state index is 0.346. The van der Waals surface area contributed by atoms with Crippen molar-refractivity contribution in [3.8, 4) is 10.7 Å². The van der Waals surface area contributed by atoms with E-state index in [1.807, 2.05) is 41.2 Å². The highest BCUT2D eigenvalue weighted by molar-refractivity contribution is 7.15. The fraction of sp³-hybridized carbons (Fsp3) is 0.333. The van der Waals surface area contributed by atoms with Gasteiger partial charge < -0.3 is 9.72 Å². The van der Waals surface area contributed by atoms with Crippen molar-refractivity contribution >= 4 is 17.0 Å². The largest absolute Gasteiger partial charge is 0.309 e. The summed E-state index contributed by atoms with van der Waals surface area (Å²) in [5.74, 6) is 0. The Morgan fingerprint density at radius 1 is 1.40 bits per heavy atom. The second-order valence-corrected chi connectivity index (χ2v) is 5.90. The Morgan fingerprint density at radius 2 is 2.30 bits per heavy atom. The first-order chi connectivity index (χ1) is 9.78. The summed E-state index contributed by atoms with van der Waals surface area (Å²) in [5.41, 5.74) is 1.89. The molecule has 3 aromatic rings. The zero-order chi connectivity index (χ0) is 13.9. The van der Waals surface area contributed by atoms with Crippen LogP contribution >= 0.6 is 11.3 Å². The van der Waals surface area contributed by atoms with Crippen molar-refractivity contribution in [2.24, 2.45) is 0 Å². The van der Waals surface area contributed by atoms with Crippen molar-refractivity contribution in [2.45, 2.75) is 26.3 Å². The summed E-state index contributed by atoms with van der Waals surface area (Å²) < 4.78 is 2.02. The highest BCUT2D eigenvalue weighted by atomic mass is 32.1. The smallest absolute Gasteiger partial charge is 0.143 e. The molecule has 0 bridgehead atoms. The molecule has 20 heavy (non-hydrogen) atoms. The monoisotopic (exact) mass is 286 g/mol. The minimum Gasteiger partial charge on any atom is -0.309 e. The average Bonchev–Trinajstić information content (AvgIpc) is 3.10. The fourth-order valence-electron chi connectivity index (χ4n) is 2.10. The summed E-state index contributed by atoms with van der Waals surface area (Å²) >= 11 is 1.71. The van der Waals surface area contributed by atoms with Gasteiger partial charge in [-0.2, -0.15) is 0 Å². The molecule has 0 aliphatic heterocycles. The molecule has 3 heterocycles. The number of rotatable bonds is 5. The Labute approximate surface area is 122 Å². The molecule has 0 aromatic carbocycles. The van der Waals surface area contributed by atoms with Gasteiger partial charge in [-0.25, -0.2) is 9.97 Å². The Hall–Kier alpha value is -1.72. The van der Waals surface area contributed by atoms with Gasteiger partial charge >= 0.3 is 0 Å². The lowest BCUT2D eigenvalue weighted by atomic mass is 10.3. The number of pyridine rings is 1. The molecule has 4 nitrogen and oxygen atoms in total. The van der Waals surface area contributed by atoms with Crippen molar-refractivity contribution in [3.05, 3.63) is 41.7 Å². The summed E-state index contributed by atoms with van der Waals surface area (Å²) in [5, 5.41) is 4.47. The van der Waals surface area contributed by atoms with Gasteiger partial charge in [-0.15, -0.1) is 11.3 Å². The third-order valence-electron chi connectivity index (χ3n) is 3.23. The van der Waals surface area contributed by atoms with Crippen LogP contribution in [-0.4, -0.2) is 20.9 Å². The van der Waals surface area contributed by atoms with Crippen LogP contribution in [0.2, 0.25) is 0 Å². The van der Waals surface area contributed by atoms with Crippen LogP contribution in [0.25, 0.3) is 16.3 Å². The van der Waals surface area contributed by atoms with E-state index in [9.17, 15) is 0 Å². The molecule has 1 unspecified atom stereocenters. The van der Waals surface area contributed by atoms with E-state index in [1.165, 1.54) is 4.88 Å². The summed E-state index contributed by atoms with van der Waals surface area (Å²) in [7, 11) is 0. The summed E-state index contributed by atoms with van der Waals surface area (Å²) in [6.45, 7) is 5.38. The molecular formula is C15H18N4S. The average molecular weight is 286 g/mol. The lowest BCUT2D eigenvalue weighted by Crippen LogP contribution is -2.18. The fourth-order valence-corrected chi connectivity index (χ4v) is 3.00. The first kappa shape index (κ1) is 13.3. The SMILES string of the molecule is CCCNC(C)c1cnc(-c2cn3ccccc3n2)s1. The number of imidazole rings is 1. The molecule has 3 aromatic heterocycles. The van der Waals surface area contributed by atoms with Crippen molar-refractivity contribution in [3.63, 3.8) is 0 Å². The van der Waals surface area contributed by atoms with E-state index in [0.717, 1.165) is 29.3 Å². The number of hydrogen-bond acceptors (Lipinski definition) is 4. The molecule has 0 spiro atoms. The maximum atomic E-state index is 4.61. The van der Waals surface area contributed by atoms with Gasteiger partial charge in [-0.3, -0.25) is 0 Å². The van der Waals surface area contributed by atoms with Gasteiger partial charge in [0.1, 0.15) is 16.3 Å². The van der Waals surface area contributed by atoms with E-state index in [0.29, 0.717) is 6.04 Å². The highest BCUT2D eigenvalue weighted by Crippen LogP contribution is 2.28. The highest BCUT2D eigenvalue weighted by Gasteiger charge is 2.12. The van der Waals surface area contributed by atoms with Gasteiger partial charge in [0.15, 0.2) is 0 Å². The van der Waals surface area contributed by atoms with Crippen molar-refractivity contribution in [1.29, 1.82) is 0 Å². The second kappa shape index (κ2) is 5.73. The van der Waals surface area contributed by atoms with Crippen LogP contribution < -0.4 is 5.32 Å².